The van der Waals surface area contributed by atoms with Gasteiger partial charge in [-0.15, -0.1) is 0 Å². The van der Waals surface area contributed by atoms with E-state index >= 15 is 0 Å². The quantitative estimate of drug-likeness (QED) is 0.431. The molecular weight excluding hydrogens is 396 g/mol. The topological polar surface area (TPSA) is 58.2 Å². The second-order valence-electron chi connectivity index (χ2n) is 7.49. The van der Waals surface area contributed by atoms with E-state index in [9.17, 15) is 9.59 Å². The molecule has 0 radical (unpaired) electrons. The van der Waals surface area contributed by atoms with Crippen LogP contribution in [0.25, 0.3) is 11.1 Å². The fourth-order valence-electron chi connectivity index (χ4n) is 3.38. The fourth-order valence-corrected chi connectivity index (χ4v) is 3.38. The second kappa shape index (κ2) is 10.2. The number of hydrogen-bond acceptors (Lipinski definition) is 2. The lowest BCUT2D eigenvalue weighted by atomic mass is 10.0. The van der Waals surface area contributed by atoms with Crippen LogP contribution < -0.4 is 10.6 Å². The molecular formula is C28H24N2O2. The van der Waals surface area contributed by atoms with Gasteiger partial charge in [-0.05, 0) is 46.5 Å². The molecule has 0 atom stereocenters. The predicted molar refractivity (Wildman–Crippen MR) is 127 cm³/mol. The average Bonchev–Trinajstić information content (AvgIpc) is 2.87. The highest BCUT2D eigenvalue weighted by molar-refractivity contribution is 5.94. The van der Waals surface area contributed by atoms with Gasteiger partial charge in [0.2, 0.25) is 0 Å². The maximum absolute atomic E-state index is 12.2. The van der Waals surface area contributed by atoms with Gasteiger partial charge >= 0.3 is 0 Å². The zero-order valence-electron chi connectivity index (χ0n) is 17.6. The van der Waals surface area contributed by atoms with Crippen LogP contribution in [0.1, 0.15) is 31.8 Å². The largest absolute Gasteiger partial charge is 0.348 e. The molecule has 4 aromatic rings. The molecule has 0 saturated heterocycles. The van der Waals surface area contributed by atoms with Crippen LogP contribution in [0.3, 0.4) is 0 Å². The highest BCUT2D eigenvalue weighted by Gasteiger charge is 2.06. The first kappa shape index (κ1) is 21.1. The molecule has 2 N–H and O–H groups in total. The zero-order chi connectivity index (χ0) is 22.2. The first-order valence-corrected chi connectivity index (χ1v) is 10.5. The molecule has 0 saturated carbocycles. The van der Waals surface area contributed by atoms with E-state index in [-0.39, 0.29) is 11.8 Å². The average molecular weight is 421 g/mol. The summed E-state index contributed by atoms with van der Waals surface area (Å²) >= 11 is 0. The SMILES string of the molecule is O=C(NCc1ccc(-c2ccc(CNC(=O)c3ccccc3)cc2)cc1)c1ccccc1. The van der Waals surface area contributed by atoms with Crippen LogP contribution in [-0.4, -0.2) is 11.8 Å². The first-order valence-electron chi connectivity index (χ1n) is 10.5. The lowest BCUT2D eigenvalue weighted by molar-refractivity contribution is 0.0943. The Hall–Kier alpha value is -4.18. The van der Waals surface area contributed by atoms with Gasteiger partial charge in [0.25, 0.3) is 11.8 Å². The summed E-state index contributed by atoms with van der Waals surface area (Å²) in [6.07, 6.45) is 0. The van der Waals surface area contributed by atoms with E-state index in [1.807, 2.05) is 60.7 Å². The number of nitrogens with one attached hydrogen (secondary N) is 2. The lowest BCUT2D eigenvalue weighted by Crippen LogP contribution is -2.22. The van der Waals surface area contributed by atoms with Crippen LogP contribution in [0.4, 0.5) is 0 Å². The molecule has 0 aliphatic rings. The molecule has 0 bridgehead atoms. The highest BCUT2D eigenvalue weighted by atomic mass is 16.2. The summed E-state index contributed by atoms with van der Waals surface area (Å²) in [5, 5.41) is 5.89. The summed E-state index contributed by atoms with van der Waals surface area (Å²) < 4.78 is 0. The van der Waals surface area contributed by atoms with Crippen molar-refractivity contribution in [1.82, 2.24) is 10.6 Å². The van der Waals surface area contributed by atoms with Crippen molar-refractivity contribution in [3.8, 4) is 11.1 Å². The Kier molecular flexibility index (Phi) is 6.73. The molecule has 4 rings (SSSR count). The third-order valence-electron chi connectivity index (χ3n) is 5.22. The lowest BCUT2D eigenvalue weighted by Gasteiger charge is -2.09. The normalized spacial score (nSPS) is 10.4. The minimum atomic E-state index is -0.0791. The Bertz CT molecular complexity index is 1070. The highest BCUT2D eigenvalue weighted by Crippen LogP contribution is 2.20. The summed E-state index contributed by atoms with van der Waals surface area (Å²) in [7, 11) is 0. The van der Waals surface area contributed by atoms with Gasteiger partial charge in [-0.3, -0.25) is 9.59 Å². The Balaban J connectivity index is 1.31. The van der Waals surface area contributed by atoms with E-state index in [0.717, 1.165) is 22.3 Å². The van der Waals surface area contributed by atoms with Crippen LogP contribution in [0, 0.1) is 0 Å². The van der Waals surface area contributed by atoms with E-state index in [0.29, 0.717) is 24.2 Å². The third kappa shape index (κ3) is 5.49. The minimum absolute atomic E-state index is 0.0791. The van der Waals surface area contributed by atoms with Gasteiger partial charge in [-0.2, -0.15) is 0 Å². The molecule has 0 aliphatic carbocycles. The number of carbonyl (C=O) groups is 2. The van der Waals surface area contributed by atoms with Crippen LogP contribution in [0.5, 0.6) is 0 Å². The Morgan fingerprint density at radius 3 is 1.16 bits per heavy atom. The van der Waals surface area contributed by atoms with E-state index in [2.05, 4.69) is 34.9 Å². The number of hydrogen-bond donors (Lipinski definition) is 2. The number of carbonyl (C=O) groups excluding carboxylic acids is 2. The molecule has 4 heteroatoms. The molecule has 0 heterocycles. The molecule has 2 amide bonds. The molecule has 0 aromatic heterocycles. The second-order valence-corrected chi connectivity index (χ2v) is 7.49. The van der Waals surface area contributed by atoms with E-state index in [1.165, 1.54) is 0 Å². The van der Waals surface area contributed by atoms with Crippen LogP contribution in [0.2, 0.25) is 0 Å². The van der Waals surface area contributed by atoms with Crippen LogP contribution >= 0.6 is 0 Å². The van der Waals surface area contributed by atoms with Crippen molar-refractivity contribution in [2.75, 3.05) is 0 Å². The molecule has 4 aromatic carbocycles. The van der Waals surface area contributed by atoms with E-state index < -0.39 is 0 Å². The van der Waals surface area contributed by atoms with Gasteiger partial charge in [-0.1, -0.05) is 84.9 Å². The monoisotopic (exact) mass is 420 g/mol. The summed E-state index contributed by atoms with van der Waals surface area (Å²) in [5.74, 6) is -0.158. The minimum Gasteiger partial charge on any atom is -0.348 e. The smallest absolute Gasteiger partial charge is 0.251 e. The molecule has 0 aliphatic heterocycles. The van der Waals surface area contributed by atoms with Gasteiger partial charge in [0.05, 0.1) is 0 Å². The van der Waals surface area contributed by atoms with E-state index in [1.54, 1.807) is 24.3 Å². The summed E-state index contributed by atoms with van der Waals surface area (Å²) in [6.45, 7) is 0.960. The van der Waals surface area contributed by atoms with Crippen molar-refractivity contribution in [2.45, 2.75) is 13.1 Å². The van der Waals surface area contributed by atoms with Gasteiger partial charge < -0.3 is 10.6 Å². The predicted octanol–water partition coefficient (Wildman–Crippen LogP) is 5.21. The number of rotatable bonds is 7. The number of benzene rings is 4. The van der Waals surface area contributed by atoms with Crippen molar-refractivity contribution in [3.63, 3.8) is 0 Å². The van der Waals surface area contributed by atoms with Crippen molar-refractivity contribution in [2.24, 2.45) is 0 Å². The summed E-state index contributed by atoms with van der Waals surface area (Å²) in [4.78, 5) is 24.4. The first-order chi connectivity index (χ1) is 15.7. The van der Waals surface area contributed by atoms with Crippen molar-refractivity contribution in [1.29, 1.82) is 0 Å². The summed E-state index contributed by atoms with van der Waals surface area (Å²) in [6, 6.07) is 34.7. The Labute approximate surface area is 187 Å². The molecule has 0 spiro atoms. The Morgan fingerprint density at radius 2 is 0.812 bits per heavy atom. The Morgan fingerprint density at radius 1 is 0.469 bits per heavy atom. The summed E-state index contributed by atoms with van der Waals surface area (Å²) in [5.41, 5.74) is 5.59. The van der Waals surface area contributed by atoms with Crippen molar-refractivity contribution < 1.29 is 9.59 Å². The van der Waals surface area contributed by atoms with Gasteiger partial charge in [0, 0.05) is 24.2 Å². The van der Waals surface area contributed by atoms with E-state index in [4.69, 9.17) is 0 Å². The third-order valence-corrected chi connectivity index (χ3v) is 5.22. The van der Waals surface area contributed by atoms with Crippen LogP contribution in [0.15, 0.2) is 109 Å². The molecule has 0 unspecified atom stereocenters. The zero-order valence-corrected chi connectivity index (χ0v) is 17.6. The maximum Gasteiger partial charge on any atom is 0.251 e. The molecule has 4 nitrogen and oxygen atoms in total. The van der Waals surface area contributed by atoms with Crippen LogP contribution in [-0.2, 0) is 13.1 Å². The van der Waals surface area contributed by atoms with Crippen molar-refractivity contribution >= 4 is 11.8 Å². The molecule has 0 fully saturated rings. The van der Waals surface area contributed by atoms with Gasteiger partial charge in [0.1, 0.15) is 0 Å². The van der Waals surface area contributed by atoms with Gasteiger partial charge in [0.15, 0.2) is 0 Å². The molecule has 32 heavy (non-hydrogen) atoms. The standard InChI is InChI=1S/C28H24N2O2/c31-27(25-7-3-1-4-8-25)29-19-21-11-15-23(16-12-21)24-17-13-22(14-18-24)20-30-28(32)26-9-5-2-6-10-26/h1-18H,19-20H2,(H,29,31)(H,30,32). The van der Waals surface area contributed by atoms with Crippen molar-refractivity contribution in [3.05, 3.63) is 131 Å². The fraction of sp³-hybridized carbons (Fsp3) is 0.0714. The molecule has 158 valence electrons. The number of amides is 2. The van der Waals surface area contributed by atoms with Gasteiger partial charge in [-0.25, -0.2) is 0 Å². The maximum atomic E-state index is 12.2.